The van der Waals surface area contributed by atoms with Crippen molar-refractivity contribution in [2.45, 2.75) is 27.0 Å². The molecule has 3 nitrogen and oxygen atoms in total. The summed E-state index contributed by atoms with van der Waals surface area (Å²) in [6.45, 7) is 6.41. The molecule has 21 heavy (non-hydrogen) atoms. The topological polar surface area (TPSA) is 45.0 Å². The first-order valence-corrected chi connectivity index (χ1v) is 7.15. The lowest BCUT2D eigenvalue weighted by atomic mass is 10.1. The normalized spacial score (nSPS) is 10.1. The van der Waals surface area contributed by atoms with Crippen molar-refractivity contribution in [3.05, 3.63) is 64.7 Å². The SMILES string of the molecule is CCNCc1cccc(OCc2ccc(C#N)cc2C)c1. The van der Waals surface area contributed by atoms with Gasteiger partial charge in [0.25, 0.3) is 0 Å². The summed E-state index contributed by atoms with van der Waals surface area (Å²) >= 11 is 0. The minimum absolute atomic E-state index is 0.516. The monoisotopic (exact) mass is 280 g/mol. The Balaban J connectivity index is 2.01. The molecule has 0 atom stereocenters. The molecule has 1 N–H and O–H groups in total. The van der Waals surface area contributed by atoms with Crippen LogP contribution in [0.2, 0.25) is 0 Å². The van der Waals surface area contributed by atoms with Gasteiger partial charge in [-0.1, -0.05) is 25.1 Å². The maximum Gasteiger partial charge on any atom is 0.120 e. The lowest BCUT2D eigenvalue weighted by Gasteiger charge is -2.10. The van der Waals surface area contributed by atoms with Crippen LogP contribution in [-0.2, 0) is 13.2 Å². The summed E-state index contributed by atoms with van der Waals surface area (Å²) in [4.78, 5) is 0. The third-order valence-corrected chi connectivity index (χ3v) is 3.34. The van der Waals surface area contributed by atoms with Crippen LogP contribution in [0.25, 0.3) is 0 Å². The fourth-order valence-corrected chi connectivity index (χ4v) is 2.10. The van der Waals surface area contributed by atoms with Crippen molar-refractivity contribution >= 4 is 0 Å². The standard InChI is InChI=1S/C18H20N2O/c1-3-20-12-16-5-4-6-18(10-16)21-13-17-8-7-15(11-19)9-14(17)2/h4-10,20H,3,12-13H2,1-2H3. The zero-order chi connectivity index (χ0) is 15.1. The van der Waals surface area contributed by atoms with Crippen LogP contribution >= 0.6 is 0 Å². The highest BCUT2D eigenvalue weighted by molar-refractivity contribution is 5.37. The zero-order valence-corrected chi connectivity index (χ0v) is 12.5. The summed E-state index contributed by atoms with van der Waals surface area (Å²) in [6.07, 6.45) is 0. The summed E-state index contributed by atoms with van der Waals surface area (Å²) < 4.78 is 5.86. The number of nitriles is 1. The average molecular weight is 280 g/mol. The summed E-state index contributed by atoms with van der Waals surface area (Å²) in [5.74, 6) is 0.870. The van der Waals surface area contributed by atoms with E-state index in [1.807, 2.05) is 37.3 Å². The van der Waals surface area contributed by atoms with E-state index in [2.05, 4.69) is 30.4 Å². The number of nitrogens with one attached hydrogen (secondary N) is 1. The Hall–Kier alpha value is -2.31. The van der Waals surface area contributed by atoms with Crippen LogP contribution in [0.3, 0.4) is 0 Å². The summed E-state index contributed by atoms with van der Waals surface area (Å²) in [6, 6.07) is 15.9. The third kappa shape index (κ3) is 4.34. The van der Waals surface area contributed by atoms with Crippen LogP contribution in [0, 0.1) is 18.3 Å². The van der Waals surface area contributed by atoms with Crippen LogP contribution in [0.4, 0.5) is 0 Å². The summed E-state index contributed by atoms with van der Waals surface area (Å²) in [5.41, 5.74) is 4.08. The van der Waals surface area contributed by atoms with Gasteiger partial charge in [0.1, 0.15) is 12.4 Å². The molecule has 0 aliphatic heterocycles. The van der Waals surface area contributed by atoms with Crippen LogP contribution < -0.4 is 10.1 Å². The van der Waals surface area contributed by atoms with Gasteiger partial charge in [0.2, 0.25) is 0 Å². The smallest absolute Gasteiger partial charge is 0.120 e. The second-order valence-corrected chi connectivity index (χ2v) is 4.97. The molecule has 0 bridgehead atoms. The fourth-order valence-electron chi connectivity index (χ4n) is 2.10. The number of hydrogen-bond acceptors (Lipinski definition) is 3. The van der Waals surface area contributed by atoms with Crippen molar-refractivity contribution in [3.8, 4) is 11.8 Å². The largest absolute Gasteiger partial charge is 0.489 e. The van der Waals surface area contributed by atoms with Gasteiger partial charge in [-0.05, 0) is 54.4 Å². The molecule has 0 saturated heterocycles. The van der Waals surface area contributed by atoms with Gasteiger partial charge in [0.05, 0.1) is 11.6 Å². The molecule has 2 aromatic carbocycles. The first-order chi connectivity index (χ1) is 10.2. The molecule has 2 rings (SSSR count). The molecular weight excluding hydrogens is 260 g/mol. The van der Waals surface area contributed by atoms with Crippen molar-refractivity contribution in [1.29, 1.82) is 5.26 Å². The second-order valence-electron chi connectivity index (χ2n) is 4.97. The van der Waals surface area contributed by atoms with Gasteiger partial charge >= 0.3 is 0 Å². The van der Waals surface area contributed by atoms with Gasteiger partial charge in [0, 0.05) is 6.54 Å². The number of rotatable bonds is 6. The number of nitrogens with zero attached hydrogens (tertiary/aromatic N) is 1. The van der Waals surface area contributed by atoms with E-state index in [4.69, 9.17) is 10.00 Å². The number of ether oxygens (including phenoxy) is 1. The van der Waals surface area contributed by atoms with E-state index < -0.39 is 0 Å². The number of aryl methyl sites for hydroxylation is 1. The molecule has 2 aromatic rings. The molecule has 108 valence electrons. The molecule has 0 aliphatic rings. The molecule has 0 fully saturated rings. The maximum absolute atomic E-state index is 8.88. The van der Waals surface area contributed by atoms with Crippen LogP contribution in [0.15, 0.2) is 42.5 Å². The van der Waals surface area contributed by atoms with Crippen LogP contribution in [-0.4, -0.2) is 6.54 Å². The lowest BCUT2D eigenvalue weighted by molar-refractivity contribution is 0.305. The minimum Gasteiger partial charge on any atom is -0.489 e. The van der Waals surface area contributed by atoms with E-state index in [0.717, 1.165) is 30.0 Å². The number of benzene rings is 2. The molecule has 0 aromatic heterocycles. The molecule has 0 spiro atoms. The van der Waals surface area contributed by atoms with E-state index in [1.54, 1.807) is 0 Å². The highest BCUT2D eigenvalue weighted by Crippen LogP contribution is 2.17. The Kier molecular flexibility index (Phi) is 5.36. The van der Waals surface area contributed by atoms with E-state index >= 15 is 0 Å². The summed E-state index contributed by atoms with van der Waals surface area (Å²) in [7, 11) is 0. The second kappa shape index (κ2) is 7.47. The van der Waals surface area contributed by atoms with Gasteiger partial charge in [-0.15, -0.1) is 0 Å². The lowest BCUT2D eigenvalue weighted by Crippen LogP contribution is -2.11. The van der Waals surface area contributed by atoms with E-state index in [1.165, 1.54) is 5.56 Å². The van der Waals surface area contributed by atoms with Gasteiger partial charge in [-0.3, -0.25) is 0 Å². The van der Waals surface area contributed by atoms with Crippen molar-refractivity contribution in [1.82, 2.24) is 5.32 Å². The van der Waals surface area contributed by atoms with Crippen LogP contribution in [0.1, 0.15) is 29.2 Å². The van der Waals surface area contributed by atoms with Gasteiger partial charge in [-0.25, -0.2) is 0 Å². The molecule has 0 saturated carbocycles. The third-order valence-electron chi connectivity index (χ3n) is 3.34. The van der Waals surface area contributed by atoms with E-state index in [0.29, 0.717) is 12.2 Å². The molecule has 0 unspecified atom stereocenters. The van der Waals surface area contributed by atoms with Gasteiger partial charge in [-0.2, -0.15) is 5.26 Å². The Morgan fingerprint density at radius 1 is 1.19 bits per heavy atom. The first kappa shape index (κ1) is 15.1. The molecule has 3 heteroatoms. The van der Waals surface area contributed by atoms with E-state index in [-0.39, 0.29) is 0 Å². The van der Waals surface area contributed by atoms with Crippen molar-refractivity contribution in [3.63, 3.8) is 0 Å². The quantitative estimate of drug-likeness (QED) is 0.880. The molecule has 0 radical (unpaired) electrons. The summed E-state index contributed by atoms with van der Waals surface area (Å²) in [5, 5.41) is 12.2. The highest BCUT2D eigenvalue weighted by atomic mass is 16.5. The minimum atomic E-state index is 0.516. The predicted molar refractivity (Wildman–Crippen MR) is 84.0 cm³/mol. The predicted octanol–water partition coefficient (Wildman–Crippen LogP) is 3.56. The van der Waals surface area contributed by atoms with Crippen molar-refractivity contribution in [2.24, 2.45) is 0 Å². The molecule has 0 heterocycles. The maximum atomic E-state index is 8.88. The van der Waals surface area contributed by atoms with Gasteiger partial charge in [0.15, 0.2) is 0 Å². The van der Waals surface area contributed by atoms with Gasteiger partial charge < -0.3 is 10.1 Å². The first-order valence-electron chi connectivity index (χ1n) is 7.15. The fraction of sp³-hybridized carbons (Fsp3) is 0.278. The van der Waals surface area contributed by atoms with Crippen molar-refractivity contribution in [2.75, 3.05) is 6.54 Å². The zero-order valence-electron chi connectivity index (χ0n) is 12.5. The Bertz CT molecular complexity index is 644. The Morgan fingerprint density at radius 3 is 2.76 bits per heavy atom. The molecule has 0 aliphatic carbocycles. The number of hydrogen-bond donors (Lipinski definition) is 1. The average Bonchev–Trinajstić information content (AvgIpc) is 2.52. The van der Waals surface area contributed by atoms with Crippen molar-refractivity contribution < 1.29 is 4.74 Å². The Labute approximate surface area is 126 Å². The van der Waals surface area contributed by atoms with Crippen LogP contribution in [0.5, 0.6) is 5.75 Å². The molecule has 0 amide bonds. The Morgan fingerprint density at radius 2 is 2.05 bits per heavy atom. The van der Waals surface area contributed by atoms with E-state index in [9.17, 15) is 0 Å². The molecular formula is C18H20N2O. The highest BCUT2D eigenvalue weighted by Gasteiger charge is 2.02.